The molecule has 1 heteroatoms. The van der Waals surface area contributed by atoms with E-state index >= 15 is 0 Å². The first-order valence-corrected chi connectivity index (χ1v) is 7.23. The minimum atomic E-state index is 0.572. The first-order chi connectivity index (χ1) is 9.36. The van der Waals surface area contributed by atoms with Crippen molar-refractivity contribution in [2.75, 3.05) is 0 Å². The Morgan fingerprint density at radius 1 is 1.05 bits per heavy atom. The second kappa shape index (κ2) is 5.58. The normalized spacial score (nSPS) is 18.1. The lowest BCUT2D eigenvalue weighted by Crippen LogP contribution is -2.37. The van der Waals surface area contributed by atoms with Crippen molar-refractivity contribution < 1.29 is 0 Å². The summed E-state index contributed by atoms with van der Waals surface area (Å²) in [5.74, 6) is 0. The van der Waals surface area contributed by atoms with Crippen LogP contribution in [0.5, 0.6) is 0 Å². The monoisotopic (exact) mass is 251 g/mol. The maximum Gasteiger partial charge on any atom is 0.0211 e. The van der Waals surface area contributed by atoms with Gasteiger partial charge in [0.2, 0.25) is 0 Å². The van der Waals surface area contributed by atoms with Crippen LogP contribution in [0.1, 0.15) is 29.2 Å². The summed E-state index contributed by atoms with van der Waals surface area (Å²) in [6, 6.07) is 18.1. The van der Waals surface area contributed by atoms with Crippen molar-refractivity contribution in [2.45, 2.75) is 38.8 Å². The van der Waals surface area contributed by atoms with Gasteiger partial charge in [-0.2, -0.15) is 0 Å². The number of nitrogens with one attached hydrogen (secondary N) is 1. The zero-order chi connectivity index (χ0) is 13.1. The van der Waals surface area contributed by atoms with Gasteiger partial charge in [-0.05, 0) is 41.5 Å². The Morgan fingerprint density at radius 2 is 1.89 bits per heavy atom. The molecule has 0 saturated carbocycles. The summed E-state index contributed by atoms with van der Waals surface area (Å²) in [4.78, 5) is 0. The SMILES string of the molecule is CCc1cccc2c1CC(Cc1ccccc1)NC2. The van der Waals surface area contributed by atoms with Gasteiger partial charge >= 0.3 is 0 Å². The summed E-state index contributed by atoms with van der Waals surface area (Å²) >= 11 is 0. The van der Waals surface area contributed by atoms with Gasteiger partial charge in [0.05, 0.1) is 0 Å². The van der Waals surface area contributed by atoms with Crippen molar-refractivity contribution in [2.24, 2.45) is 0 Å². The molecule has 2 aromatic rings. The fourth-order valence-electron chi connectivity index (χ4n) is 3.06. The molecule has 0 bridgehead atoms. The molecule has 0 amide bonds. The van der Waals surface area contributed by atoms with E-state index in [4.69, 9.17) is 0 Å². The summed E-state index contributed by atoms with van der Waals surface area (Å²) in [6.45, 7) is 3.27. The molecule has 0 fully saturated rings. The Morgan fingerprint density at radius 3 is 2.68 bits per heavy atom. The summed E-state index contributed by atoms with van der Waals surface area (Å²) in [7, 11) is 0. The Hall–Kier alpha value is -1.60. The minimum absolute atomic E-state index is 0.572. The average Bonchev–Trinajstić information content (AvgIpc) is 2.47. The van der Waals surface area contributed by atoms with Crippen LogP contribution in [-0.4, -0.2) is 6.04 Å². The molecular weight excluding hydrogens is 230 g/mol. The Bertz CT molecular complexity index is 531. The highest BCUT2D eigenvalue weighted by Crippen LogP contribution is 2.23. The standard InChI is InChI=1S/C18H21N/c1-2-15-9-6-10-16-13-19-17(12-18(15)16)11-14-7-4-3-5-8-14/h3-10,17,19H,2,11-13H2,1H3. The lowest BCUT2D eigenvalue weighted by atomic mass is 9.88. The maximum atomic E-state index is 3.68. The first kappa shape index (κ1) is 12.4. The summed E-state index contributed by atoms with van der Waals surface area (Å²) in [6.07, 6.45) is 3.42. The Kier molecular flexibility index (Phi) is 3.65. The average molecular weight is 251 g/mol. The number of hydrogen-bond acceptors (Lipinski definition) is 1. The molecule has 0 aliphatic carbocycles. The van der Waals surface area contributed by atoms with E-state index in [0.29, 0.717) is 6.04 Å². The molecule has 98 valence electrons. The molecule has 1 N–H and O–H groups in total. The van der Waals surface area contributed by atoms with Crippen molar-refractivity contribution in [1.82, 2.24) is 5.32 Å². The molecule has 0 aromatic heterocycles. The van der Waals surface area contributed by atoms with Crippen molar-refractivity contribution >= 4 is 0 Å². The third-order valence-corrected chi connectivity index (χ3v) is 4.11. The molecule has 1 atom stereocenters. The van der Waals surface area contributed by atoms with Crippen molar-refractivity contribution in [3.8, 4) is 0 Å². The van der Waals surface area contributed by atoms with Crippen LogP contribution < -0.4 is 5.32 Å². The van der Waals surface area contributed by atoms with Crippen LogP contribution in [0.2, 0.25) is 0 Å². The van der Waals surface area contributed by atoms with E-state index in [1.165, 1.54) is 16.7 Å². The van der Waals surface area contributed by atoms with Crippen molar-refractivity contribution in [3.05, 3.63) is 70.8 Å². The van der Waals surface area contributed by atoms with E-state index in [1.807, 2.05) is 0 Å². The molecule has 19 heavy (non-hydrogen) atoms. The molecule has 0 saturated heterocycles. The molecule has 1 heterocycles. The van der Waals surface area contributed by atoms with Gasteiger partial charge in [0.25, 0.3) is 0 Å². The number of aryl methyl sites for hydroxylation is 1. The van der Waals surface area contributed by atoms with E-state index in [9.17, 15) is 0 Å². The second-order valence-corrected chi connectivity index (χ2v) is 5.38. The van der Waals surface area contributed by atoms with Gasteiger partial charge in [0.15, 0.2) is 0 Å². The number of hydrogen-bond donors (Lipinski definition) is 1. The Balaban J connectivity index is 1.78. The van der Waals surface area contributed by atoms with Gasteiger partial charge in [-0.3, -0.25) is 0 Å². The molecule has 0 spiro atoms. The highest BCUT2D eigenvalue weighted by Gasteiger charge is 2.19. The third kappa shape index (κ3) is 2.71. The molecule has 2 aromatic carbocycles. The number of benzene rings is 2. The van der Waals surface area contributed by atoms with Crippen molar-refractivity contribution in [1.29, 1.82) is 0 Å². The molecule has 1 unspecified atom stereocenters. The van der Waals surface area contributed by atoms with E-state index < -0.39 is 0 Å². The highest BCUT2D eigenvalue weighted by molar-refractivity contribution is 5.38. The van der Waals surface area contributed by atoms with Gasteiger partial charge in [-0.15, -0.1) is 0 Å². The predicted octanol–water partition coefficient (Wildman–Crippen LogP) is 3.51. The van der Waals surface area contributed by atoms with Gasteiger partial charge in [0, 0.05) is 12.6 Å². The summed E-state index contributed by atoms with van der Waals surface area (Å²) < 4.78 is 0. The number of fused-ring (bicyclic) bond motifs is 1. The molecular formula is C18H21N. The van der Waals surface area contributed by atoms with Gasteiger partial charge in [-0.25, -0.2) is 0 Å². The smallest absolute Gasteiger partial charge is 0.0211 e. The minimum Gasteiger partial charge on any atom is -0.309 e. The van der Waals surface area contributed by atoms with Crippen LogP contribution in [-0.2, 0) is 25.8 Å². The zero-order valence-electron chi connectivity index (χ0n) is 11.5. The van der Waals surface area contributed by atoms with Gasteiger partial charge in [-0.1, -0.05) is 55.5 Å². The summed E-state index contributed by atoms with van der Waals surface area (Å²) in [5.41, 5.74) is 6.03. The first-order valence-electron chi connectivity index (χ1n) is 7.23. The fourth-order valence-corrected chi connectivity index (χ4v) is 3.06. The van der Waals surface area contributed by atoms with E-state index in [0.717, 1.165) is 25.8 Å². The van der Waals surface area contributed by atoms with Crippen LogP contribution >= 0.6 is 0 Å². The quantitative estimate of drug-likeness (QED) is 0.880. The van der Waals surface area contributed by atoms with Gasteiger partial charge in [0.1, 0.15) is 0 Å². The Labute approximate surface area is 115 Å². The number of rotatable bonds is 3. The van der Waals surface area contributed by atoms with E-state index in [2.05, 4.69) is 60.8 Å². The third-order valence-electron chi connectivity index (χ3n) is 4.11. The molecule has 1 aliphatic rings. The van der Waals surface area contributed by atoms with Crippen LogP contribution in [0, 0.1) is 0 Å². The molecule has 3 rings (SSSR count). The molecule has 1 aliphatic heterocycles. The highest BCUT2D eigenvalue weighted by atomic mass is 14.9. The molecule has 0 radical (unpaired) electrons. The lowest BCUT2D eigenvalue weighted by Gasteiger charge is -2.28. The van der Waals surface area contributed by atoms with E-state index in [-0.39, 0.29) is 0 Å². The predicted molar refractivity (Wildman–Crippen MR) is 80.3 cm³/mol. The maximum absolute atomic E-state index is 3.68. The zero-order valence-corrected chi connectivity index (χ0v) is 11.5. The van der Waals surface area contributed by atoms with Gasteiger partial charge < -0.3 is 5.32 Å². The fraction of sp³-hybridized carbons (Fsp3) is 0.333. The topological polar surface area (TPSA) is 12.0 Å². The molecule has 1 nitrogen and oxygen atoms in total. The van der Waals surface area contributed by atoms with Crippen LogP contribution in [0.15, 0.2) is 48.5 Å². The van der Waals surface area contributed by atoms with E-state index in [1.54, 1.807) is 5.56 Å². The second-order valence-electron chi connectivity index (χ2n) is 5.38. The van der Waals surface area contributed by atoms with Crippen LogP contribution in [0.25, 0.3) is 0 Å². The lowest BCUT2D eigenvalue weighted by molar-refractivity contribution is 0.475. The van der Waals surface area contributed by atoms with Crippen molar-refractivity contribution in [3.63, 3.8) is 0 Å². The van der Waals surface area contributed by atoms with Crippen LogP contribution in [0.3, 0.4) is 0 Å². The van der Waals surface area contributed by atoms with Crippen LogP contribution in [0.4, 0.5) is 0 Å². The summed E-state index contributed by atoms with van der Waals surface area (Å²) in [5, 5.41) is 3.68. The largest absolute Gasteiger partial charge is 0.309 e.